The molecule has 2 rings (SSSR count). The average Bonchev–Trinajstić information content (AvgIpc) is 2.94. The van der Waals surface area contributed by atoms with E-state index in [4.69, 9.17) is 15.7 Å². The van der Waals surface area contributed by atoms with Crippen LogP contribution in [0.1, 0.15) is 17.5 Å². The molecular formula is C13H18FN3O2. The number of hydrogen-bond acceptors (Lipinski definition) is 4. The van der Waals surface area contributed by atoms with Crippen molar-refractivity contribution >= 4 is 5.84 Å². The zero-order chi connectivity index (χ0) is 13.8. The number of nitrogens with zero attached hydrogens (tertiary/aromatic N) is 2. The first kappa shape index (κ1) is 13.8. The molecule has 1 saturated heterocycles. The van der Waals surface area contributed by atoms with Crippen molar-refractivity contribution < 1.29 is 14.3 Å². The van der Waals surface area contributed by atoms with Crippen LogP contribution in [0.5, 0.6) is 0 Å². The Morgan fingerprint density at radius 1 is 1.63 bits per heavy atom. The lowest BCUT2D eigenvalue weighted by atomic mass is 10.1. The number of hydrogen-bond donors (Lipinski definition) is 2. The standard InChI is InChI=1S/C13H18FN3O2/c1-17(11-4-5-19-8-11)7-9-2-3-10(14)6-12(9)13(15)16-18/h2-3,6,11,18H,4-5,7-8H2,1H3,(H2,15,16). The Bertz CT molecular complexity index is 473. The summed E-state index contributed by atoms with van der Waals surface area (Å²) in [6.45, 7) is 2.07. The highest BCUT2D eigenvalue weighted by molar-refractivity contribution is 5.98. The Morgan fingerprint density at radius 2 is 2.42 bits per heavy atom. The van der Waals surface area contributed by atoms with Crippen LogP contribution in [0, 0.1) is 5.82 Å². The summed E-state index contributed by atoms with van der Waals surface area (Å²) in [7, 11) is 1.98. The quantitative estimate of drug-likeness (QED) is 0.371. The molecule has 5 nitrogen and oxygen atoms in total. The lowest BCUT2D eigenvalue weighted by molar-refractivity contribution is 0.156. The van der Waals surface area contributed by atoms with Crippen LogP contribution in [0.25, 0.3) is 0 Å². The molecule has 1 heterocycles. The SMILES string of the molecule is CN(Cc1ccc(F)cc1/C(N)=N/O)C1CCOC1. The van der Waals surface area contributed by atoms with E-state index in [0.29, 0.717) is 24.8 Å². The number of ether oxygens (including phenoxy) is 1. The van der Waals surface area contributed by atoms with E-state index in [1.807, 2.05) is 7.05 Å². The van der Waals surface area contributed by atoms with Crippen LogP contribution in [0.3, 0.4) is 0 Å². The fourth-order valence-electron chi connectivity index (χ4n) is 2.25. The van der Waals surface area contributed by atoms with Crippen molar-refractivity contribution in [2.75, 3.05) is 20.3 Å². The molecule has 0 saturated carbocycles. The van der Waals surface area contributed by atoms with Gasteiger partial charge < -0.3 is 15.7 Å². The van der Waals surface area contributed by atoms with Crippen molar-refractivity contribution in [3.63, 3.8) is 0 Å². The first-order valence-corrected chi connectivity index (χ1v) is 6.16. The van der Waals surface area contributed by atoms with Gasteiger partial charge in [-0.1, -0.05) is 11.2 Å². The molecule has 6 heteroatoms. The number of nitrogens with two attached hydrogens (primary N) is 1. The Labute approximate surface area is 111 Å². The largest absolute Gasteiger partial charge is 0.409 e. The van der Waals surface area contributed by atoms with E-state index in [0.717, 1.165) is 18.6 Å². The predicted molar refractivity (Wildman–Crippen MR) is 69.6 cm³/mol. The molecule has 0 aromatic heterocycles. The summed E-state index contributed by atoms with van der Waals surface area (Å²) in [6, 6.07) is 4.67. The van der Waals surface area contributed by atoms with E-state index in [-0.39, 0.29) is 5.84 Å². The third-order valence-corrected chi connectivity index (χ3v) is 3.40. The number of amidine groups is 1. The Balaban J connectivity index is 2.19. The molecule has 0 amide bonds. The number of rotatable bonds is 4. The molecule has 1 fully saturated rings. The Morgan fingerprint density at radius 3 is 3.05 bits per heavy atom. The minimum atomic E-state index is -0.405. The third kappa shape index (κ3) is 3.21. The summed E-state index contributed by atoms with van der Waals surface area (Å²) in [5.41, 5.74) is 6.83. The highest BCUT2D eigenvalue weighted by Crippen LogP contribution is 2.17. The van der Waals surface area contributed by atoms with Gasteiger partial charge in [-0.05, 0) is 31.2 Å². The van der Waals surface area contributed by atoms with Crippen molar-refractivity contribution in [1.82, 2.24) is 4.90 Å². The normalized spacial score (nSPS) is 20.2. The van der Waals surface area contributed by atoms with Gasteiger partial charge in [-0.15, -0.1) is 0 Å². The molecule has 104 valence electrons. The van der Waals surface area contributed by atoms with E-state index in [2.05, 4.69) is 10.1 Å². The minimum absolute atomic E-state index is 0.0782. The monoisotopic (exact) mass is 267 g/mol. The molecule has 1 aliphatic heterocycles. The van der Waals surface area contributed by atoms with Crippen LogP contribution in [-0.2, 0) is 11.3 Å². The molecule has 1 aliphatic rings. The van der Waals surface area contributed by atoms with Crippen molar-refractivity contribution in [1.29, 1.82) is 0 Å². The molecule has 0 bridgehead atoms. The molecule has 0 aliphatic carbocycles. The predicted octanol–water partition coefficient (Wildman–Crippen LogP) is 1.14. The first-order valence-electron chi connectivity index (χ1n) is 6.16. The van der Waals surface area contributed by atoms with Gasteiger partial charge in [0.1, 0.15) is 5.82 Å². The van der Waals surface area contributed by atoms with Crippen molar-refractivity contribution in [2.45, 2.75) is 19.0 Å². The summed E-state index contributed by atoms with van der Waals surface area (Å²) >= 11 is 0. The van der Waals surface area contributed by atoms with Gasteiger partial charge >= 0.3 is 0 Å². The summed E-state index contributed by atoms with van der Waals surface area (Å²) in [5, 5.41) is 11.7. The Hall–Kier alpha value is -1.66. The highest BCUT2D eigenvalue weighted by atomic mass is 19.1. The smallest absolute Gasteiger partial charge is 0.170 e. The van der Waals surface area contributed by atoms with E-state index in [1.165, 1.54) is 12.1 Å². The van der Waals surface area contributed by atoms with E-state index < -0.39 is 5.82 Å². The third-order valence-electron chi connectivity index (χ3n) is 3.40. The van der Waals surface area contributed by atoms with E-state index in [9.17, 15) is 4.39 Å². The Kier molecular flexibility index (Phi) is 4.34. The van der Waals surface area contributed by atoms with Gasteiger partial charge in [0.05, 0.1) is 6.61 Å². The highest BCUT2D eigenvalue weighted by Gasteiger charge is 2.21. The van der Waals surface area contributed by atoms with Gasteiger partial charge in [0, 0.05) is 24.8 Å². The maximum atomic E-state index is 13.3. The van der Waals surface area contributed by atoms with Gasteiger partial charge in [0.25, 0.3) is 0 Å². The second-order valence-corrected chi connectivity index (χ2v) is 4.72. The summed E-state index contributed by atoms with van der Waals surface area (Å²) in [6.07, 6.45) is 0.983. The number of oxime groups is 1. The van der Waals surface area contributed by atoms with Gasteiger partial charge in [-0.25, -0.2) is 4.39 Å². The molecule has 3 N–H and O–H groups in total. The molecular weight excluding hydrogens is 249 g/mol. The van der Waals surface area contributed by atoms with E-state index >= 15 is 0 Å². The summed E-state index contributed by atoms with van der Waals surface area (Å²) in [5.74, 6) is -0.484. The van der Waals surface area contributed by atoms with Gasteiger partial charge in [0.15, 0.2) is 5.84 Å². The molecule has 1 aromatic carbocycles. The van der Waals surface area contributed by atoms with Crippen LogP contribution in [0.15, 0.2) is 23.4 Å². The van der Waals surface area contributed by atoms with Crippen LogP contribution in [0.4, 0.5) is 4.39 Å². The number of likely N-dealkylation sites (N-methyl/N-ethyl adjacent to an activating group) is 1. The zero-order valence-electron chi connectivity index (χ0n) is 10.8. The average molecular weight is 267 g/mol. The van der Waals surface area contributed by atoms with Crippen LogP contribution >= 0.6 is 0 Å². The van der Waals surface area contributed by atoms with E-state index in [1.54, 1.807) is 6.07 Å². The fourth-order valence-corrected chi connectivity index (χ4v) is 2.25. The lowest BCUT2D eigenvalue weighted by Gasteiger charge is -2.23. The first-order chi connectivity index (χ1) is 9.11. The molecule has 19 heavy (non-hydrogen) atoms. The number of halogens is 1. The fraction of sp³-hybridized carbons (Fsp3) is 0.462. The molecule has 1 unspecified atom stereocenters. The lowest BCUT2D eigenvalue weighted by Crippen LogP contribution is -2.32. The molecule has 1 aromatic rings. The van der Waals surface area contributed by atoms with Gasteiger partial charge in [-0.3, -0.25) is 4.90 Å². The second kappa shape index (κ2) is 5.99. The van der Waals surface area contributed by atoms with Crippen LogP contribution in [0.2, 0.25) is 0 Å². The van der Waals surface area contributed by atoms with Crippen molar-refractivity contribution in [3.8, 4) is 0 Å². The maximum Gasteiger partial charge on any atom is 0.170 e. The minimum Gasteiger partial charge on any atom is -0.409 e. The molecule has 0 spiro atoms. The zero-order valence-corrected chi connectivity index (χ0v) is 10.8. The van der Waals surface area contributed by atoms with Gasteiger partial charge in [-0.2, -0.15) is 0 Å². The van der Waals surface area contributed by atoms with Crippen LogP contribution in [-0.4, -0.2) is 42.2 Å². The summed E-state index contributed by atoms with van der Waals surface area (Å²) < 4.78 is 18.6. The van der Waals surface area contributed by atoms with Crippen LogP contribution < -0.4 is 5.73 Å². The maximum absolute atomic E-state index is 13.3. The van der Waals surface area contributed by atoms with Crippen molar-refractivity contribution in [3.05, 3.63) is 35.1 Å². The topological polar surface area (TPSA) is 71.1 Å². The van der Waals surface area contributed by atoms with Gasteiger partial charge in [0.2, 0.25) is 0 Å². The molecule has 1 atom stereocenters. The van der Waals surface area contributed by atoms with Crippen molar-refractivity contribution in [2.24, 2.45) is 10.9 Å². The molecule has 0 radical (unpaired) electrons. The second-order valence-electron chi connectivity index (χ2n) is 4.72. The number of benzene rings is 1. The summed E-state index contributed by atoms with van der Waals surface area (Å²) in [4.78, 5) is 2.13.